The molecule has 1 aromatic rings. The fourth-order valence-electron chi connectivity index (χ4n) is 3.70. The third-order valence-electron chi connectivity index (χ3n) is 5.13. The van der Waals surface area contributed by atoms with Crippen molar-refractivity contribution in [2.75, 3.05) is 20.1 Å². The molecule has 25 heavy (non-hydrogen) atoms. The molecule has 0 saturated carbocycles. The summed E-state index contributed by atoms with van der Waals surface area (Å²) in [4.78, 5) is 6.96. The molecule has 1 saturated heterocycles. The highest BCUT2D eigenvalue weighted by molar-refractivity contribution is 5.80. The minimum atomic E-state index is 0.487. The maximum absolute atomic E-state index is 4.35. The average Bonchev–Trinajstić information content (AvgIpc) is 3.02. The number of likely N-dealkylation sites (tertiary alicyclic amines) is 1. The van der Waals surface area contributed by atoms with Crippen LogP contribution in [-0.2, 0) is 13.1 Å². The van der Waals surface area contributed by atoms with Crippen molar-refractivity contribution in [3.63, 3.8) is 0 Å². The van der Waals surface area contributed by atoms with E-state index in [9.17, 15) is 0 Å². The SMILES string of the molecule is CN=C(NCc1cccc(CN2CCCCCC2)c1)NC1CC=CC1. The number of benzene rings is 1. The van der Waals surface area contributed by atoms with Gasteiger partial charge < -0.3 is 10.6 Å². The smallest absolute Gasteiger partial charge is 0.191 e. The molecule has 0 spiro atoms. The predicted molar refractivity (Wildman–Crippen MR) is 106 cm³/mol. The maximum atomic E-state index is 4.35. The van der Waals surface area contributed by atoms with E-state index in [0.717, 1.165) is 31.9 Å². The molecule has 0 unspecified atom stereocenters. The average molecular weight is 341 g/mol. The van der Waals surface area contributed by atoms with Crippen LogP contribution in [0, 0.1) is 0 Å². The van der Waals surface area contributed by atoms with Gasteiger partial charge in [-0.15, -0.1) is 0 Å². The lowest BCUT2D eigenvalue weighted by atomic mass is 10.1. The van der Waals surface area contributed by atoms with Gasteiger partial charge in [-0.2, -0.15) is 0 Å². The fraction of sp³-hybridized carbons (Fsp3) is 0.571. The van der Waals surface area contributed by atoms with Gasteiger partial charge in [0.25, 0.3) is 0 Å². The van der Waals surface area contributed by atoms with Crippen molar-refractivity contribution in [3.05, 3.63) is 47.5 Å². The summed E-state index contributed by atoms with van der Waals surface area (Å²) in [7, 11) is 1.84. The summed E-state index contributed by atoms with van der Waals surface area (Å²) in [6.45, 7) is 4.38. The molecule has 3 rings (SSSR count). The largest absolute Gasteiger partial charge is 0.353 e. The summed E-state index contributed by atoms with van der Waals surface area (Å²) in [5.41, 5.74) is 2.74. The third kappa shape index (κ3) is 5.89. The van der Waals surface area contributed by atoms with Gasteiger partial charge >= 0.3 is 0 Å². The van der Waals surface area contributed by atoms with Crippen molar-refractivity contribution in [1.82, 2.24) is 15.5 Å². The zero-order valence-corrected chi connectivity index (χ0v) is 15.5. The summed E-state index contributed by atoms with van der Waals surface area (Å²) in [5.74, 6) is 0.895. The molecule has 1 aromatic carbocycles. The van der Waals surface area contributed by atoms with E-state index in [2.05, 4.69) is 56.9 Å². The second-order valence-electron chi connectivity index (χ2n) is 7.22. The van der Waals surface area contributed by atoms with Crippen molar-refractivity contribution in [2.24, 2.45) is 4.99 Å². The van der Waals surface area contributed by atoms with Gasteiger partial charge in [-0.3, -0.25) is 9.89 Å². The van der Waals surface area contributed by atoms with Crippen LogP contribution in [0.2, 0.25) is 0 Å². The Morgan fingerprint density at radius 2 is 1.80 bits per heavy atom. The summed E-state index contributed by atoms with van der Waals surface area (Å²) in [6, 6.07) is 9.46. The van der Waals surface area contributed by atoms with Crippen molar-refractivity contribution < 1.29 is 0 Å². The van der Waals surface area contributed by atoms with E-state index in [0.29, 0.717) is 6.04 Å². The van der Waals surface area contributed by atoms with E-state index in [4.69, 9.17) is 0 Å². The molecule has 0 aromatic heterocycles. The van der Waals surface area contributed by atoms with Gasteiger partial charge in [-0.25, -0.2) is 0 Å². The molecule has 0 amide bonds. The quantitative estimate of drug-likeness (QED) is 0.490. The van der Waals surface area contributed by atoms with E-state index in [1.54, 1.807) is 0 Å². The van der Waals surface area contributed by atoms with Crippen LogP contribution in [0.25, 0.3) is 0 Å². The minimum Gasteiger partial charge on any atom is -0.353 e. The van der Waals surface area contributed by atoms with E-state index < -0.39 is 0 Å². The van der Waals surface area contributed by atoms with Crippen LogP contribution in [0.1, 0.15) is 49.7 Å². The molecule has 1 aliphatic heterocycles. The lowest BCUT2D eigenvalue weighted by Crippen LogP contribution is -2.42. The van der Waals surface area contributed by atoms with E-state index in [1.165, 1.54) is 49.9 Å². The number of aliphatic imine (C=N–C) groups is 1. The topological polar surface area (TPSA) is 39.7 Å². The zero-order valence-electron chi connectivity index (χ0n) is 15.5. The second-order valence-corrected chi connectivity index (χ2v) is 7.22. The summed E-state index contributed by atoms with van der Waals surface area (Å²) >= 11 is 0. The van der Waals surface area contributed by atoms with Crippen molar-refractivity contribution in [2.45, 2.75) is 57.7 Å². The third-order valence-corrected chi connectivity index (χ3v) is 5.13. The first kappa shape index (κ1) is 18.0. The van der Waals surface area contributed by atoms with E-state index >= 15 is 0 Å². The summed E-state index contributed by atoms with van der Waals surface area (Å²) in [6.07, 6.45) is 12.1. The molecule has 0 atom stereocenters. The van der Waals surface area contributed by atoms with Crippen LogP contribution < -0.4 is 10.6 Å². The molecule has 0 radical (unpaired) electrons. The lowest BCUT2D eigenvalue weighted by molar-refractivity contribution is 0.277. The lowest BCUT2D eigenvalue weighted by Gasteiger charge is -2.20. The number of nitrogens with zero attached hydrogens (tertiary/aromatic N) is 2. The number of guanidine groups is 1. The Kier molecular flexibility index (Phi) is 6.92. The van der Waals surface area contributed by atoms with E-state index in [-0.39, 0.29) is 0 Å². The molecule has 4 heteroatoms. The van der Waals surface area contributed by atoms with Crippen molar-refractivity contribution in [1.29, 1.82) is 0 Å². The Bertz CT molecular complexity index is 577. The van der Waals surface area contributed by atoms with E-state index in [1.807, 2.05) is 7.05 Å². The second kappa shape index (κ2) is 9.62. The zero-order chi connectivity index (χ0) is 17.3. The molecule has 2 N–H and O–H groups in total. The van der Waals surface area contributed by atoms with Crippen LogP contribution in [0.3, 0.4) is 0 Å². The van der Waals surface area contributed by atoms with Crippen LogP contribution in [-0.4, -0.2) is 37.0 Å². The Hall–Kier alpha value is -1.81. The molecule has 136 valence electrons. The van der Waals surface area contributed by atoms with Gasteiger partial charge in [0, 0.05) is 26.2 Å². The van der Waals surface area contributed by atoms with Crippen molar-refractivity contribution in [3.8, 4) is 0 Å². The molecule has 2 aliphatic rings. The highest BCUT2D eigenvalue weighted by atomic mass is 15.2. The minimum absolute atomic E-state index is 0.487. The van der Waals surface area contributed by atoms with Gasteiger partial charge in [0.05, 0.1) is 0 Å². The van der Waals surface area contributed by atoms with Gasteiger partial charge in [0.2, 0.25) is 0 Å². The molecular weight excluding hydrogens is 308 g/mol. The number of rotatable bonds is 5. The monoisotopic (exact) mass is 340 g/mol. The Morgan fingerprint density at radius 3 is 2.52 bits per heavy atom. The highest BCUT2D eigenvalue weighted by Crippen LogP contribution is 2.14. The maximum Gasteiger partial charge on any atom is 0.191 e. The van der Waals surface area contributed by atoms with Gasteiger partial charge in [-0.1, -0.05) is 49.3 Å². The normalized spacial score (nSPS) is 19.8. The number of hydrogen-bond acceptors (Lipinski definition) is 2. The predicted octanol–water partition coefficient (Wildman–Crippen LogP) is 3.45. The molecule has 1 fully saturated rings. The molecule has 1 heterocycles. The summed E-state index contributed by atoms with van der Waals surface area (Å²) < 4.78 is 0. The fourth-order valence-corrected chi connectivity index (χ4v) is 3.70. The Balaban J connectivity index is 1.50. The van der Waals surface area contributed by atoms with Crippen LogP contribution >= 0.6 is 0 Å². The first-order valence-electron chi connectivity index (χ1n) is 9.76. The Morgan fingerprint density at radius 1 is 1.08 bits per heavy atom. The molecule has 0 bridgehead atoms. The van der Waals surface area contributed by atoms with Gasteiger partial charge in [-0.05, 0) is 49.9 Å². The number of hydrogen-bond donors (Lipinski definition) is 2. The number of nitrogens with one attached hydrogen (secondary N) is 2. The highest BCUT2D eigenvalue weighted by Gasteiger charge is 2.12. The van der Waals surface area contributed by atoms with Crippen LogP contribution in [0.4, 0.5) is 0 Å². The first-order chi connectivity index (χ1) is 12.3. The molecule has 4 nitrogen and oxygen atoms in total. The standard InChI is InChI=1S/C21H32N4/c1-22-21(24-20-11-4-5-12-20)23-16-18-9-8-10-19(15-18)17-25-13-6-2-3-7-14-25/h4-5,8-10,15,20H,2-3,6-7,11-14,16-17H2,1H3,(H2,22,23,24). The van der Waals surface area contributed by atoms with Crippen LogP contribution in [0.15, 0.2) is 41.4 Å². The molecular formula is C21H32N4. The molecule has 1 aliphatic carbocycles. The van der Waals surface area contributed by atoms with Crippen LogP contribution in [0.5, 0.6) is 0 Å². The summed E-state index contributed by atoms with van der Waals surface area (Å²) in [5, 5.41) is 6.94. The van der Waals surface area contributed by atoms with Gasteiger partial charge in [0.1, 0.15) is 0 Å². The van der Waals surface area contributed by atoms with Gasteiger partial charge in [0.15, 0.2) is 5.96 Å². The first-order valence-corrected chi connectivity index (χ1v) is 9.76. The Labute approximate surface area is 152 Å². The van der Waals surface area contributed by atoms with Crippen molar-refractivity contribution >= 4 is 5.96 Å².